The molecule has 1 aliphatic rings. The number of urea groups is 1. The van der Waals surface area contributed by atoms with Gasteiger partial charge in [0.2, 0.25) is 0 Å². The second-order valence-electron chi connectivity index (χ2n) is 6.22. The number of carbonyl (C=O) groups excluding carboxylic acids is 2. The smallest absolute Gasteiger partial charge is 0.321 e. The van der Waals surface area contributed by atoms with E-state index in [4.69, 9.17) is 0 Å². The third-order valence-electron chi connectivity index (χ3n) is 4.07. The maximum Gasteiger partial charge on any atom is 0.321 e. The Kier molecular flexibility index (Phi) is 8.01. The molecule has 3 amide bonds. The first-order valence-corrected chi connectivity index (χ1v) is 8.03. The van der Waals surface area contributed by atoms with Gasteiger partial charge in [-0.3, -0.25) is 4.79 Å². The molecule has 0 aromatic heterocycles. The summed E-state index contributed by atoms with van der Waals surface area (Å²) >= 11 is 0. The number of amides is 3. The van der Waals surface area contributed by atoms with Crippen molar-refractivity contribution in [1.82, 2.24) is 15.1 Å². The van der Waals surface area contributed by atoms with Crippen molar-refractivity contribution in [2.75, 3.05) is 46.1 Å². The topological polar surface area (TPSA) is 64.7 Å². The van der Waals surface area contributed by atoms with Gasteiger partial charge in [-0.1, -0.05) is 6.07 Å². The van der Waals surface area contributed by atoms with E-state index in [0.717, 1.165) is 32.5 Å². The van der Waals surface area contributed by atoms with Crippen molar-refractivity contribution in [2.45, 2.75) is 12.8 Å². The summed E-state index contributed by atoms with van der Waals surface area (Å²) in [4.78, 5) is 27.8. The lowest BCUT2D eigenvalue weighted by molar-refractivity contribution is 0.0674. The van der Waals surface area contributed by atoms with Crippen LogP contribution in [0.5, 0.6) is 0 Å². The first-order chi connectivity index (χ1) is 11.0. The quantitative estimate of drug-likeness (QED) is 0.871. The third-order valence-corrected chi connectivity index (χ3v) is 4.07. The molecular weight excluding hydrogens is 328 g/mol. The highest BCUT2D eigenvalue weighted by molar-refractivity contribution is 5.96. The van der Waals surface area contributed by atoms with Gasteiger partial charge in [-0.15, -0.1) is 12.4 Å². The van der Waals surface area contributed by atoms with Crippen LogP contribution in [0.1, 0.15) is 23.2 Å². The van der Waals surface area contributed by atoms with Crippen LogP contribution in [0.15, 0.2) is 24.3 Å². The summed E-state index contributed by atoms with van der Waals surface area (Å²) < 4.78 is 0. The summed E-state index contributed by atoms with van der Waals surface area (Å²) in [5, 5.41) is 5.96. The molecule has 134 valence electrons. The Morgan fingerprint density at radius 2 is 2.08 bits per heavy atom. The monoisotopic (exact) mass is 354 g/mol. The van der Waals surface area contributed by atoms with E-state index in [9.17, 15) is 9.59 Å². The molecule has 0 bridgehead atoms. The van der Waals surface area contributed by atoms with Gasteiger partial charge in [0.1, 0.15) is 0 Å². The maximum atomic E-state index is 12.7. The number of anilines is 1. The van der Waals surface area contributed by atoms with Gasteiger partial charge in [0.25, 0.3) is 5.91 Å². The van der Waals surface area contributed by atoms with Crippen molar-refractivity contribution >= 4 is 30.0 Å². The van der Waals surface area contributed by atoms with Crippen molar-refractivity contribution in [2.24, 2.45) is 5.92 Å². The molecule has 7 heteroatoms. The highest BCUT2D eigenvalue weighted by atomic mass is 35.5. The first-order valence-electron chi connectivity index (χ1n) is 8.03. The molecule has 1 aromatic rings. The van der Waals surface area contributed by atoms with Gasteiger partial charge in [-0.25, -0.2) is 4.79 Å². The van der Waals surface area contributed by atoms with Crippen LogP contribution in [0.4, 0.5) is 10.5 Å². The van der Waals surface area contributed by atoms with Crippen molar-refractivity contribution in [1.29, 1.82) is 0 Å². The van der Waals surface area contributed by atoms with E-state index >= 15 is 0 Å². The van der Waals surface area contributed by atoms with E-state index in [1.54, 1.807) is 38.4 Å². The first kappa shape index (κ1) is 20.3. The predicted octanol–water partition coefficient (Wildman–Crippen LogP) is 2.27. The Labute approximate surface area is 150 Å². The summed E-state index contributed by atoms with van der Waals surface area (Å²) in [6.45, 7) is 2.52. The van der Waals surface area contributed by atoms with Crippen LogP contribution in [0.25, 0.3) is 0 Å². The Bertz CT molecular complexity index is 563. The molecule has 1 aromatic carbocycles. The van der Waals surface area contributed by atoms with Crippen molar-refractivity contribution in [3.8, 4) is 0 Å². The summed E-state index contributed by atoms with van der Waals surface area (Å²) in [6.07, 6.45) is 2.19. The van der Waals surface area contributed by atoms with Gasteiger partial charge in [-0.2, -0.15) is 0 Å². The van der Waals surface area contributed by atoms with E-state index in [-0.39, 0.29) is 24.3 Å². The van der Waals surface area contributed by atoms with Crippen LogP contribution < -0.4 is 10.6 Å². The number of nitrogens with zero attached hydrogens (tertiary/aromatic N) is 2. The molecule has 2 N–H and O–H groups in total. The molecule has 2 rings (SSSR count). The molecule has 1 heterocycles. The van der Waals surface area contributed by atoms with Crippen molar-refractivity contribution < 1.29 is 9.59 Å². The van der Waals surface area contributed by atoms with Gasteiger partial charge in [-0.05, 0) is 50.6 Å². The molecule has 1 atom stereocenters. The van der Waals surface area contributed by atoms with Crippen LogP contribution in [-0.2, 0) is 0 Å². The van der Waals surface area contributed by atoms with E-state index in [2.05, 4.69) is 10.6 Å². The van der Waals surface area contributed by atoms with Crippen LogP contribution in [0.2, 0.25) is 0 Å². The highest BCUT2D eigenvalue weighted by Gasteiger charge is 2.24. The van der Waals surface area contributed by atoms with E-state index in [1.165, 1.54) is 4.90 Å². The lowest BCUT2D eigenvalue weighted by Gasteiger charge is -2.32. The highest BCUT2D eigenvalue weighted by Crippen LogP contribution is 2.19. The largest absolute Gasteiger partial charge is 0.338 e. The van der Waals surface area contributed by atoms with Crippen LogP contribution >= 0.6 is 12.4 Å². The molecule has 1 unspecified atom stereocenters. The summed E-state index contributed by atoms with van der Waals surface area (Å²) in [7, 11) is 5.30. The number of benzene rings is 1. The maximum absolute atomic E-state index is 12.7. The third kappa shape index (κ3) is 5.39. The molecule has 0 aliphatic carbocycles. The number of nitrogens with one attached hydrogen (secondary N) is 2. The second-order valence-corrected chi connectivity index (χ2v) is 6.22. The number of likely N-dealkylation sites (tertiary alicyclic amines) is 1. The minimum atomic E-state index is -0.207. The normalized spacial score (nSPS) is 17.0. The van der Waals surface area contributed by atoms with E-state index in [1.807, 2.05) is 11.9 Å². The summed E-state index contributed by atoms with van der Waals surface area (Å²) in [6, 6.07) is 6.92. The number of piperidine rings is 1. The van der Waals surface area contributed by atoms with Gasteiger partial charge < -0.3 is 20.4 Å². The van der Waals surface area contributed by atoms with Crippen LogP contribution in [0, 0.1) is 5.92 Å². The van der Waals surface area contributed by atoms with E-state index in [0.29, 0.717) is 17.2 Å². The average Bonchev–Trinajstić information content (AvgIpc) is 2.55. The lowest BCUT2D eigenvalue weighted by atomic mass is 9.97. The van der Waals surface area contributed by atoms with Crippen molar-refractivity contribution in [3.63, 3.8) is 0 Å². The molecule has 1 aliphatic heterocycles. The van der Waals surface area contributed by atoms with Crippen molar-refractivity contribution in [3.05, 3.63) is 29.8 Å². The molecule has 0 radical (unpaired) electrons. The Balaban J connectivity index is 0.00000288. The summed E-state index contributed by atoms with van der Waals surface area (Å²) in [5.41, 5.74) is 1.25. The zero-order valence-electron chi connectivity index (χ0n) is 14.5. The number of halogens is 1. The SMILES string of the molecule is CNCC1CCCN(C(=O)c2cccc(NC(=O)N(C)C)c2)C1.Cl. The fraction of sp³-hybridized carbons (Fsp3) is 0.529. The number of hydrogen-bond donors (Lipinski definition) is 2. The van der Waals surface area contributed by atoms with E-state index < -0.39 is 0 Å². The fourth-order valence-corrected chi connectivity index (χ4v) is 2.85. The second kappa shape index (κ2) is 9.49. The van der Waals surface area contributed by atoms with Crippen LogP contribution in [-0.4, -0.2) is 62.5 Å². The summed E-state index contributed by atoms with van der Waals surface area (Å²) in [5.74, 6) is 0.543. The fourth-order valence-electron chi connectivity index (χ4n) is 2.85. The van der Waals surface area contributed by atoms with Gasteiger partial charge in [0.05, 0.1) is 0 Å². The molecular formula is C17H27ClN4O2. The Hall–Kier alpha value is -1.79. The Morgan fingerprint density at radius 1 is 1.33 bits per heavy atom. The lowest BCUT2D eigenvalue weighted by Crippen LogP contribution is -2.42. The number of hydrogen-bond acceptors (Lipinski definition) is 3. The molecule has 6 nitrogen and oxygen atoms in total. The molecule has 1 fully saturated rings. The van der Waals surface area contributed by atoms with Crippen LogP contribution in [0.3, 0.4) is 0 Å². The van der Waals surface area contributed by atoms with Gasteiger partial charge >= 0.3 is 6.03 Å². The van der Waals surface area contributed by atoms with Gasteiger partial charge in [0, 0.05) is 38.4 Å². The van der Waals surface area contributed by atoms with Gasteiger partial charge in [0.15, 0.2) is 0 Å². The molecule has 0 spiro atoms. The number of rotatable bonds is 4. The number of carbonyl (C=O) groups is 2. The molecule has 24 heavy (non-hydrogen) atoms. The predicted molar refractivity (Wildman–Crippen MR) is 98.9 cm³/mol. The minimum Gasteiger partial charge on any atom is -0.338 e. The minimum absolute atomic E-state index is 0. The Morgan fingerprint density at radius 3 is 2.75 bits per heavy atom. The molecule has 0 saturated carbocycles. The zero-order valence-corrected chi connectivity index (χ0v) is 15.4. The standard InChI is InChI=1S/C17H26N4O2.ClH/c1-18-11-13-6-5-9-21(12-13)16(22)14-7-4-8-15(10-14)19-17(23)20(2)3;/h4,7-8,10,13,18H,5-6,9,11-12H2,1-3H3,(H,19,23);1H. The molecule has 1 saturated heterocycles. The zero-order chi connectivity index (χ0) is 16.8. The average molecular weight is 355 g/mol.